The Kier molecular flexibility index (Phi) is 20.4. The van der Waals surface area contributed by atoms with Gasteiger partial charge < -0.3 is 9.97 Å². The number of aromatic amines is 2. The third-order valence-corrected chi connectivity index (χ3v) is 11.2. The summed E-state index contributed by atoms with van der Waals surface area (Å²) >= 11 is 0. The van der Waals surface area contributed by atoms with E-state index in [1.54, 1.807) is 74.2 Å². The second kappa shape index (κ2) is 28.0. The highest BCUT2D eigenvalue weighted by Crippen LogP contribution is 2.29. The van der Waals surface area contributed by atoms with Gasteiger partial charge in [-0.2, -0.15) is 0 Å². The molecule has 2 aromatic carbocycles. The van der Waals surface area contributed by atoms with Crippen LogP contribution in [0, 0.1) is 0 Å². The Morgan fingerprint density at radius 3 is 1.41 bits per heavy atom. The van der Waals surface area contributed by atoms with Crippen molar-refractivity contribution in [1.82, 2.24) is 59.8 Å². The summed E-state index contributed by atoms with van der Waals surface area (Å²) in [5.74, 6) is 0.105. The van der Waals surface area contributed by atoms with Crippen LogP contribution in [0.2, 0.25) is 0 Å². The molecule has 16 heteroatoms. The molecule has 0 saturated heterocycles. The van der Waals surface area contributed by atoms with Gasteiger partial charge in [-0.15, -0.1) is 0 Å². The van der Waals surface area contributed by atoms with Crippen LogP contribution in [0.4, 0.5) is 0 Å². The fourth-order valence-corrected chi connectivity index (χ4v) is 7.78. The maximum absolute atomic E-state index is 12.1. The average Bonchev–Trinajstić information content (AvgIpc) is 4.17. The van der Waals surface area contributed by atoms with Gasteiger partial charge in [-0.25, -0.2) is 19.9 Å². The Bertz CT molecular complexity index is 2950. The largest absolute Gasteiger partial charge is 0.345 e. The lowest BCUT2D eigenvalue weighted by atomic mass is 9.93. The summed E-state index contributed by atoms with van der Waals surface area (Å²) < 4.78 is 0. The van der Waals surface area contributed by atoms with Crippen LogP contribution in [0.1, 0.15) is 140 Å². The van der Waals surface area contributed by atoms with E-state index >= 15 is 0 Å². The van der Waals surface area contributed by atoms with Gasteiger partial charge in [0.15, 0.2) is 12.1 Å². The van der Waals surface area contributed by atoms with Crippen LogP contribution in [0.5, 0.6) is 0 Å². The van der Waals surface area contributed by atoms with Gasteiger partial charge in [0, 0.05) is 67.1 Å². The third kappa shape index (κ3) is 15.7. The lowest BCUT2D eigenvalue weighted by Gasteiger charge is -2.16. The van der Waals surface area contributed by atoms with Gasteiger partial charge in [-0.1, -0.05) is 68.1 Å². The summed E-state index contributed by atoms with van der Waals surface area (Å²) in [7, 11) is 0. The lowest BCUT2D eigenvalue weighted by Crippen LogP contribution is -2.17. The number of Topliss-reactive ketones (excluding diaryl/α,β-unsaturated/α-hetero) is 2. The Morgan fingerprint density at radius 1 is 0.408 bits per heavy atom. The van der Waals surface area contributed by atoms with E-state index in [4.69, 9.17) is 0 Å². The number of carbonyl (C=O) groups excluding carboxylic acids is 4. The Labute approximate surface area is 412 Å². The molecular weight excluding hydrogens is 893 g/mol. The zero-order valence-electron chi connectivity index (χ0n) is 38.6. The fourth-order valence-electron chi connectivity index (χ4n) is 7.78. The first kappa shape index (κ1) is 51.7. The van der Waals surface area contributed by atoms with Crippen molar-refractivity contribution in [2.45, 2.75) is 84.5 Å². The molecule has 0 fully saturated rings. The summed E-state index contributed by atoms with van der Waals surface area (Å²) in [6, 6.07) is 19.5. The van der Waals surface area contributed by atoms with Crippen LogP contribution in [0.3, 0.4) is 0 Å². The molecule has 4 aliphatic carbocycles. The number of hydrogen-bond acceptors (Lipinski definition) is 14. The molecule has 12 rings (SSSR count). The van der Waals surface area contributed by atoms with Crippen LogP contribution in [-0.2, 0) is 32.1 Å². The molecular formula is C55H56N12O4. The van der Waals surface area contributed by atoms with E-state index in [1.807, 2.05) is 30.3 Å². The predicted molar refractivity (Wildman–Crippen MR) is 271 cm³/mol. The highest BCUT2D eigenvalue weighted by molar-refractivity contribution is 6.11. The number of nitrogens with zero attached hydrogens (tertiary/aromatic N) is 10. The number of aryl methyl sites for hydroxylation is 5. The van der Waals surface area contributed by atoms with Gasteiger partial charge in [0.05, 0.1) is 70.6 Å². The van der Waals surface area contributed by atoms with Gasteiger partial charge in [0.25, 0.3) is 0 Å². The minimum Gasteiger partial charge on any atom is -0.345 e. The van der Waals surface area contributed by atoms with Crippen molar-refractivity contribution in [3.8, 4) is 0 Å². The summed E-state index contributed by atoms with van der Waals surface area (Å²) in [4.78, 5) is 89.9. The summed E-state index contributed by atoms with van der Waals surface area (Å²) in [6.45, 7) is 0. The maximum Gasteiger partial charge on any atom is 0.209 e. The number of carbonyl (C=O) groups is 4. The number of rotatable bonds is 4. The van der Waals surface area contributed by atoms with E-state index in [1.165, 1.54) is 54.3 Å². The molecule has 8 aromatic rings. The number of ketones is 2. The summed E-state index contributed by atoms with van der Waals surface area (Å²) in [5, 5.41) is 0. The van der Waals surface area contributed by atoms with Crippen molar-refractivity contribution in [1.29, 1.82) is 0 Å². The second-order valence-electron chi connectivity index (χ2n) is 16.1. The fraction of sp³-hybridized carbons (Fsp3) is 0.236. The Hall–Kier alpha value is -8.66. The standard InChI is InChI=1S/C15H14N2.C12H10N4O.C8H8N2O.C8H10N2.C7H6O.C4H4N2O.CH4/c1-2-5-12(6-3-1)11-13-7-4-8-14-15(13)17-10-9-16-14;17-12-8(5-9-6-13-7-16-9)1-2-10-11(12)15-4-3-14-10;11-7-3-1-2-6-8(7)10-5-4-9-6;1-2-4-8-7(3-1)9-5-6-10-8;8-6-7-4-2-1-3-5-7;7-2-4-1-5-3-6-4;/h1-3,5-6,9-11H,4,7-8H2;3-7H,1-2H2,(H,13,16);4-5H,1-3H2;5-6H,1-4H2;1-6H;1-3H,(H,5,6);1H4/b13-11+;8-5+;;;;;. The van der Waals surface area contributed by atoms with Crippen LogP contribution < -0.4 is 0 Å². The van der Waals surface area contributed by atoms with Crippen molar-refractivity contribution in [3.05, 3.63) is 209 Å². The summed E-state index contributed by atoms with van der Waals surface area (Å²) in [6.07, 6.45) is 37.4. The first-order chi connectivity index (χ1) is 34.5. The number of imidazole rings is 2. The average molecular weight is 949 g/mol. The Morgan fingerprint density at radius 2 is 0.887 bits per heavy atom. The number of hydrogen-bond donors (Lipinski definition) is 2. The minimum atomic E-state index is -0.0334. The SMILES string of the molecule is C.C(=C1/CCCc2nccnc21)/c1ccccc1.O=C1/C(=C/c2cnc[nH]2)CCc2nccnc21.O=C1CCCc2nccnc21.O=Cc1ccccc1.O=Cc1cnc[nH]1.c1cnc2c(n1)CCCC2. The zero-order chi connectivity index (χ0) is 48.6. The monoisotopic (exact) mass is 948 g/mol. The van der Waals surface area contributed by atoms with E-state index in [-0.39, 0.29) is 19.0 Å². The van der Waals surface area contributed by atoms with Crippen LogP contribution in [-0.4, -0.2) is 83.9 Å². The van der Waals surface area contributed by atoms with Crippen molar-refractivity contribution >= 4 is 41.9 Å². The molecule has 360 valence electrons. The first-order valence-electron chi connectivity index (χ1n) is 23.1. The molecule has 0 unspecified atom stereocenters. The molecule has 4 aliphatic rings. The Balaban J connectivity index is 0.000000143. The van der Waals surface area contributed by atoms with E-state index in [0.29, 0.717) is 36.2 Å². The van der Waals surface area contributed by atoms with Gasteiger partial charge in [-0.3, -0.25) is 49.1 Å². The maximum atomic E-state index is 12.1. The number of benzene rings is 2. The van der Waals surface area contributed by atoms with Crippen molar-refractivity contribution in [2.75, 3.05) is 0 Å². The molecule has 71 heavy (non-hydrogen) atoms. The molecule has 0 radical (unpaired) electrons. The quantitative estimate of drug-likeness (QED) is 0.124. The number of aldehydes is 2. The van der Waals surface area contributed by atoms with Crippen molar-refractivity contribution in [2.24, 2.45) is 0 Å². The second-order valence-corrected chi connectivity index (χ2v) is 16.1. The predicted octanol–water partition coefficient (Wildman–Crippen LogP) is 9.47. The van der Waals surface area contributed by atoms with Crippen molar-refractivity contribution < 1.29 is 19.2 Å². The molecule has 0 spiro atoms. The molecule has 6 aromatic heterocycles. The molecule has 0 aliphatic heterocycles. The highest BCUT2D eigenvalue weighted by atomic mass is 16.1. The smallest absolute Gasteiger partial charge is 0.209 e. The first-order valence-corrected chi connectivity index (χ1v) is 23.1. The number of H-pyrrole nitrogens is 2. The third-order valence-electron chi connectivity index (χ3n) is 11.2. The zero-order valence-corrected chi connectivity index (χ0v) is 38.6. The molecule has 0 atom stereocenters. The van der Waals surface area contributed by atoms with Crippen molar-refractivity contribution in [3.63, 3.8) is 0 Å². The molecule has 0 amide bonds. The van der Waals surface area contributed by atoms with E-state index in [9.17, 15) is 19.2 Å². The van der Waals surface area contributed by atoms with E-state index in [0.717, 1.165) is 90.8 Å². The van der Waals surface area contributed by atoms with Gasteiger partial charge in [-0.05, 0) is 93.9 Å². The molecule has 0 saturated carbocycles. The van der Waals surface area contributed by atoms with E-state index in [2.05, 4.69) is 90.1 Å². The van der Waals surface area contributed by atoms with Gasteiger partial charge in [0.1, 0.15) is 17.7 Å². The lowest BCUT2D eigenvalue weighted by molar-refractivity contribution is 0.0964. The molecule has 6 heterocycles. The van der Waals surface area contributed by atoms with Gasteiger partial charge >= 0.3 is 0 Å². The van der Waals surface area contributed by atoms with Crippen LogP contribution >= 0.6 is 0 Å². The normalized spacial score (nSPS) is 14.8. The number of aromatic nitrogens is 12. The molecule has 0 bridgehead atoms. The number of allylic oxidation sites excluding steroid dienone is 2. The molecule has 16 nitrogen and oxygen atoms in total. The minimum absolute atomic E-state index is 0. The van der Waals surface area contributed by atoms with Gasteiger partial charge in [0.2, 0.25) is 5.78 Å². The van der Waals surface area contributed by atoms with Crippen LogP contribution in [0.15, 0.2) is 141 Å². The van der Waals surface area contributed by atoms with Crippen LogP contribution in [0.25, 0.3) is 17.7 Å². The highest BCUT2D eigenvalue weighted by Gasteiger charge is 2.24. The number of nitrogens with one attached hydrogen (secondary N) is 2. The topological polar surface area (TPSA) is 229 Å². The summed E-state index contributed by atoms with van der Waals surface area (Å²) in [5.41, 5.74) is 12.7. The number of fused-ring (bicyclic) bond motifs is 4. The molecule has 2 N–H and O–H groups in total. The van der Waals surface area contributed by atoms with E-state index < -0.39 is 0 Å².